The highest BCUT2D eigenvalue weighted by Gasteiger charge is 2.36. The van der Waals surface area contributed by atoms with Crippen LogP contribution >= 0.6 is 23.8 Å². The number of benzene rings is 1. The summed E-state index contributed by atoms with van der Waals surface area (Å²) < 4.78 is 45.4. The highest BCUT2D eigenvalue weighted by atomic mass is 32.2. The zero-order valence-corrected chi connectivity index (χ0v) is 15.7. The van der Waals surface area contributed by atoms with Gasteiger partial charge in [-0.05, 0) is 43.3 Å². The number of anilines is 1. The zero-order chi connectivity index (χ0) is 18.6. The summed E-state index contributed by atoms with van der Waals surface area (Å²) in [4.78, 5) is 8.81. The summed E-state index contributed by atoms with van der Waals surface area (Å²) in [5.74, 6) is 0.327. The number of alkyl halides is 3. The van der Waals surface area contributed by atoms with Gasteiger partial charge in [-0.15, -0.1) is 11.8 Å². The van der Waals surface area contributed by atoms with E-state index < -0.39 is 11.9 Å². The van der Waals surface area contributed by atoms with Crippen LogP contribution in [0.5, 0.6) is 0 Å². The fourth-order valence-electron chi connectivity index (χ4n) is 2.55. The van der Waals surface area contributed by atoms with E-state index in [1.165, 1.54) is 23.8 Å². The molecular weight excluding hydrogens is 383 g/mol. The highest BCUT2D eigenvalue weighted by molar-refractivity contribution is 7.98. The minimum absolute atomic E-state index is 0.164. The van der Waals surface area contributed by atoms with E-state index in [2.05, 4.69) is 15.3 Å². The molecule has 0 amide bonds. The summed E-state index contributed by atoms with van der Waals surface area (Å²) in [6.07, 6.45) is 0.455. The van der Waals surface area contributed by atoms with Crippen LogP contribution in [-0.4, -0.2) is 34.6 Å². The van der Waals surface area contributed by atoms with E-state index in [0.29, 0.717) is 17.9 Å². The molecule has 0 radical (unpaired) electrons. The molecule has 0 bridgehead atoms. The lowest BCUT2D eigenvalue weighted by atomic mass is 10.1. The Morgan fingerprint density at radius 2 is 2.08 bits per heavy atom. The van der Waals surface area contributed by atoms with Crippen molar-refractivity contribution in [1.29, 1.82) is 0 Å². The molecule has 1 saturated heterocycles. The molecule has 2 aromatic rings. The lowest BCUT2D eigenvalue weighted by Crippen LogP contribution is -2.22. The van der Waals surface area contributed by atoms with Crippen molar-refractivity contribution in [2.45, 2.75) is 29.2 Å². The first-order valence-corrected chi connectivity index (χ1v) is 10.1. The van der Waals surface area contributed by atoms with E-state index in [4.69, 9.17) is 4.18 Å². The second kappa shape index (κ2) is 8.49. The van der Waals surface area contributed by atoms with Gasteiger partial charge in [-0.2, -0.15) is 13.2 Å². The smallest absolute Gasteiger partial charge is 0.368 e. The summed E-state index contributed by atoms with van der Waals surface area (Å²) >= 11 is 2.93. The summed E-state index contributed by atoms with van der Waals surface area (Å²) in [5.41, 5.74) is -0.750. The highest BCUT2D eigenvalue weighted by Crippen LogP contribution is 2.35. The van der Waals surface area contributed by atoms with Gasteiger partial charge in [-0.1, -0.05) is 12.1 Å². The van der Waals surface area contributed by atoms with Crippen molar-refractivity contribution >= 4 is 29.6 Å². The van der Waals surface area contributed by atoms with Gasteiger partial charge < -0.3 is 9.50 Å². The average Bonchev–Trinajstić information content (AvgIpc) is 2.66. The first kappa shape index (κ1) is 19.3. The van der Waals surface area contributed by atoms with Crippen molar-refractivity contribution in [3.8, 4) is 11.3 Å². The van der Waals surface area contributed by atoms with Crippen molar-refractivity contribution in [1.82, 2.24) is 9.97 Å². The van der Waals surface area contributed by atoms with Crippen molar-refractivity contribution in [3.63, 3.8) is 0 Å². The Morgan fingerprint density at radius 1 is 1.31 bits per heavy atom. The van der Waals surface area contributed by atoms with Gasteiger partial charge in [0.15, 0.2) is 5.69 Å². The van der Waals surface area contributed by atoms with Gasteiger partial charge in [0, 0.05) is 22.3 Å². The van der Waals surface area contributed by atoms with E-state index in [0.717, 1.165) is 30.5 Å². The lowest BCUT2D eigenvalue weighted by molar-refractivity contribution is -0.140. The van der Waals surface area contributed by atoms with Crippen LogP contribution in [0, 0.1) is 0 Å². The molecule has 26 heavy (non-hydrogen) atoms. The first-order chi connectivity index (χ1) is 12.5. The van der Waals surface area contributed by atoms with Gasteiger partial charge in [-0.25, -0.2) is 9.97 Å². The standard InChI is InChI=1S/C17H18F3N3OS2/c1-25-12-6-4-11(5-7-12)15-16(17(18,19)20)22-10-14(23-15)21-9-13-3-2-8-24-26-13/h4-7,10,13H,2-3,8-9H2,1H3,(H,21,23). The molecule has 1 atom stereocenters. The first-order valence-electron chi connectivity index (χ1n) is 8.08. The fraction of sp³-hybridized carbons (Fsp3) is 0.412. The van der Waals surface area contributed by atoms with Crippen LogP contribution in [0.15, 0.2) is 35.4 Å². The van der Waals surface area contributed by atoms with E-state index >= 15 is 0 Å². The Bertz CT molecular complexity index is 735. The summed E-state index contributed by atoms with van der Waals surface area (Å²) in [6, 6.07) is 6.83. The average molecular weight is 401 g/mol. The number of hydrogen-bond donors (Lipinski definition) is 1. The molecule has 4 nitrogen and oxygen atoms in total. The number of nitrogens with one attached hydrogen (secondary N) is 1. The molecule has 2 heterocycles. The minimum atomic E-state index is -4.56. The Hall–Kier alpha value is -1.45. The quantitative estimate of drug-likeness (QED) is 0.554. The van der Waals surface area contributed by atoms with Gasteiger partial charge in [0.05, 0.1) is 12.8 Å². The number of thioether (sulfide) groups is 1. The van der Waals surface area contributed by atoms with Gasteiger partial charge >= 0.3 is 6.18 Å². The van der Waals surface area contributed by atoms with Gasteiger partial charge in [0.2, 0.25) is 0 Å². The van der Waals surface area contributed by atoms with Crippen LogP contribution in [0.1, 0.15) is 18.5 Å². The molecule has 1 aliphatic heterocycles. The maximum Gasteiger partial charge on any atom is 0.435 e. The zero-order valence-electron chi connectivity index (χ0n) is 14.0. The van der Waals surface area contributed by atoms with Crippen LogP contribution < -0.4 is 5.32 Å². The van der Waals surface area contributed by atoms with Crippen LogP contribution in [0.2, 0.25) is 0 Å². The third-order valence-electron chi connectivity index (χ3n) is 3.87. The van der Waals surface area contributed by atoms with E-state index in [1.807, 2.05) is 6.26 Å². The Kier molecular flexibility index (Phi) is 6.31. The molecule has 140 valence electrons. The number of rotatable bonds is 5. The fourth-order valence-corrected chi connectivity index (χ4v) is 3.78. The molecule has 3 rings (SSSR count). The SMILES string of the molecule is CSc1ccc(-c2nc(NCC3CCCOS3)cnc2C(F)(F)F)cc1. The maximum absolute atomic E-state index is 13.3. The minimum Gasteiger partial charge on any atom is -0.368 e. The van der Waals surface area contributed by atoms with E-state index in [1.54, 1.807) is 24.3 Å². The number of nitrogens with zero attached hydrogens (tertiary/aromatic N) is 2. The maximum atomic E-state index is 13.3. The summed E-state index contributed by atoms with van der Waals surface area (Å²) in [7, 11) is 0. The Labute approximate surface area is 158 Å². The normalized spacial score (nSPS) is 17.9. The van der Waals surface area contributed by atoms with Gasteiger partial charge in [0.1, 0.15) is 11.5 Å². The summed E-state index contributed by atoms with van der Waals surface area (Å²) in [5, 5.41) is 3.33. The van der Waals surface area contributed by atoms with Crippen LogP contribution in [0.3, 0.4) is 0 Å². The van der Waals surface area contributed by atoms with Crippen molar-refractivity contribution < 1.29 is 17.4 Å². The molecular formula is C17H18F3N3OS2. The third kappa shape index (κ3) is 4.83. The van der Waals surface area contributed by atoms with Crippen molar-refractivity contribution in [2.24, 2.45) is 0 Å². The Balaban J connectivity index is 1.85. The molecule has 0 aliphatic carbocycles. The number of halogens is 3. The Morgan fingerprint density at radius 3 is 2.69 bits per heavy atom. The molecule has 0 saturated carbocycles. The monoisotopic (exact) mass is 401 g/mol. The van der Waals surface area contributed by atoms with Crippen LogP contribution in [0.4, 0.5) is 19.0 Å². The molecule has 1 fully saturated rings. The largest absolute Gasteiger partial charge is 0.435 e. The third-order valence-corrected chi connectivity index (χ3v) is 5.59. The molecule has 1 N–H and O–H groups in total. The van der Waals surface area contributed by atoms with Crippen molar-refractivity contribution in [3.05, 3.63) is 36.2 Å². The molecule has 0 spiro atoms. The van der Waals surface area contributed by atoms with E-state index in [9.17, 15) is 13.2 Å². The number of hydrogen-bond acceptors (Lipinski definition) is 6. The molecule has 1 aromatic heterocycles. The molecule has 1 aliphatic rings. The summed E-state index contributed by atoms with van der Waals surface area (Å²) in [6.45, 7) is 1.30. The molecule has 1 unspecified atom stereocenters. The second-order valence-corrected chi connectivity index (χ2v) is 7.72. The van der Waals surface area contributed by atoms with Crippen LogP contribution in [0.25, 0.3) is 11.3 Å². The second-order valence-electron chi connectivity index (χ2n) is 5.74. The van der Waals surface area contributed by atoms with Crippen LogP contribution in [-0.2, 0) is 10.4 Å². The predicted molar refractivity (Wildman–Crippen MR) is 99.3 cm³/mol. The lowest BCUT2D eigenvalue weighted by Gasteiger charge is -2.21. The van der Waals surface area contributed by atoms with E-state index in [-0.39, 0.29) is 10.9 Å². The molecule has 9 heteroatoms. The van der Waals surface area contributed by atoms with Gasteiger partial charge in [0.25, 0.3) is 0 Å². The predicted octanol–water partition coefficient (Wildman–Crippen LogP) is 5.12. The number of aromatic nitrogens is 2. The van der Waals surface area contributed by atoms with Gasteiger partial charge in [-0.3, -0.25) is 0 Å². The van der Waals surface area contributed by atoms with Crippen molar-refractivity contribution in [2.75, 3.05) is 24.7 Å². The molecule has 1 aromatic carbocycles. The topological polar surface area (TPSA) is 47.0 Å².